The maximum Gasteiger partial charge on any atom is 0.122 e. The first-order valence-electron chi connectivity index (χ1n) is 4.51. The first-order chi connectivity index (χ1) is 7.61. The van der Waals surface area contributed by atoms with Gasteiger partial charge in [0, 0.05) is 11.6 Å². The van der Waals surface area contributed by atoms with Crippen molar-refractivity contribution in [3.8, 4) is 11.3 Å². The summed E-state index contributed by atoms with van der Waals surface area (Å²) in [5, 5.41) is 13.2. The molecule has 0 atom stereocenters. The number of nitrogens with two attached hydrogens (primary N) is 1. The Labute approximate surface area is 113 Å². The molecule has 0 saturated carbocycles. The van der Waals surface area contributed by atoms with Crippen LogP contribution in [0.4, 0.5) is 5.82 Å². The number of rotatable bonds is 3. The molecule has 2 heterocycles. The van der Waals surface area contributed by atoms with Crippen molar-refractivity contribution in [2.45, 2.75) is 6.54 Å². The zero-order valence-corrected chi connectivity index (χ0v) is 12.1. The van der Waals surface area contributed by atoms with E-state index in [1.165, 1.54) is 0 Å². The van der Waals surface area contributed by atoms with Gasteiger partial charge in [-0.2, -0.15) is 5.10 Å². The van der Waals surface area contributed by atoms with E-state index in [-0.39, 0.29) is 6.61 Å². The quantitative estimate of drug-likeness (QED) is 0.877. The molecule has 86 valence electrons. The van der Waals surface area contributed by atoms with Crippen molar-refractivity contribution in [2.75, 3.05) is 12.3 Å². The Morgan fingerprint density at radius 3 is 2.75 bits per heavy atom. The van der Waals surface area contributed by atoms with E-state index in [2.05, 4.69) is 37.0 Å². The molecule has 2 aromatic rings. The highest BCUT2D eigenvalue weighted by Gasteiger charge is 2.12. The molecule has 0 aliphatic heterocycles. The molecule has 0 radical (unpaired) electrons. The van der Waals surface area contributed by atoms with Crippen LogP contribution >= 0.6 is 43.2 Å². The molecule has 7 heteroatoms. The Morgan fingerprint density at radius 2 is 2.19 bits per heavy atom. The van der Waals surface area contributed by atoms with E-state index >= 15 is 0 Å². The van der Waals surface area contributed by atoms with Crippen molar-refractivity contribution in [2.24, 2.45) is 0 Å². The van der Waals surface area contributed by atoms with Gasteiger partial charge in [-0.25, -0.2) is 4.68 Å². The average Bonchev–Trinajstić information content (AvgIpc) is 2.72. The van der Waals surface area contributed by atoms with Gasteiger partial charge in [0.1, 0.15) is 5.82 Å². The van der Waals surface area contributed by atoms with E-state index in [0.29, 0.717) is 12.4 Å². The Morgan fingerprint density at radius 1 is 1.44 bits per heavy atom. The molecule has 0 amide bonds. The minimum Gasteiger partial charge on any atom is -0.394 e. The number of nitrogens with zero attached hydrogens (tertiary/aromatic N) is 2. The normalized spacial score (nSPS) is 10.9. The zero-order chi connectivity index (χ0) is 11.7. The molecule has 0 aliphatic carbocycles. The highest BCUT2D eigenvalue weighted by molar-refractivity contribution is 9.12. The topological polar surface area (TPSA) is 64.1 Å². The first kappa shape index (κ1) is 12.1. The fourth-order valence-electron chi connectivity index (χ4n) is 1.35. The van der Waals surface area contributed by atoms with Gasteiger partial charge in [-0.3, -0.25) is 0 Å². The van der Waals surface area contributed by atoms with Crippen LogP contribution in [0, 0.1) is 0 Å². The number of hydrogen-bond acceptors (Lipinski definition) is 4. The molecule has 0 aliphatic rings. The van der Waals surface area contributed by atoms with Crippen LogP contribution in [0.5, 0.6) is 0 Å². The molecule has 0 saturated heterocycles. The number of nitrogen functional groups attached to an aromatic ring is 1. The fourth-order valence-corrected chi connectivity index (χ4v) is 4.18. The summed E-state index contributed by atoms with van der Waals surface area (Å²) in [5.41, 5.74) is 7.59. The third-order valence-electron chi connectivity index (χ3n) is 2.06. The summed E-state index contributed by atoms with van der Waals surface area (Å²) in [5.74, 6) is 0.554. The van der Waals surface area contributed by atoms with Gasteiger partial charge in [0.25, 0.3) is 0 Å². The Hall–Kier alpha value is -0.370. The van der Waals surface area contributed by atoms with Gasteiger partial charge in [-0.15, -0.1) is 11.3 Å². The van der Waals surface area contributed by atoms with Gasteiger partial charge >= 0.3 is 0 Å². The first-order valence-corrected chi connectivity index (χ1v) is 6.91. The monoisotopic (exact) mass is 365 g/mol. The molecule has 4 nitrogen and oxygen atoms in total. The Bertz CT molecular complexity index is 509. The van der Waals surface area contributed by atoms with Gasteiger partial charge in [0.05, 0.1) is 26.4 Å². The maximum absolute atomic E-state index is 8.85. The minimum atomic E-state index is 0.0276. The van der Waals surface area contributed by atoms with Crippen LogP contribution in [-0.4, -0.2) is 21.5 Å². The molecule has 0 fully saturated rings. The van der Waals surface area contributed by atoms with E-state index < -0.39 is 0 Å². The molecule has 0 aromatic carbocycles. The molecular formula is C9H9Br2N3OS. The highest BCUT2D eigenvalue weighted by atomic mass is 79.9. The lowest BCUT2D eigenvalue weighted by Crippen LogP contribution is -2.07. The van der Waals surface area contributed by atoms with E-state index in [0.717, 1.165) is 18.8 Å². The summed E-state index contributed by atoms with van der Waals surface area (Å²) in [6.07, 6.45) is 0. The largest absolute Gasteiger partial charge is 0.394 e. The summed E-state index contributed by atoms with van der Waals surface area (Å²) in [6.45, 7) is 0.439. The molecule has 0 unspecified atom stereocenters. The van der Waals surface area contributed by atoms with Crippen LogP contribution in [0.3, 0.4) is 0 Å². The van der Waals surface area contributed by atoms with Crippen LogP contribution in [-0.2, 0) is 6.54 Å². The van der Waals surface area contributed by atoms with Crippen molar-refractivity contribution in [1.82, 2.24) is 9.78 Å². The second-order valence-corrected chi connectivity index (χ2v) is 6.89. The smallest absolute Gasteiger partial charge is 0.122 e. The second-order valence-electron chi connectivity index (χ2n) is 3.14. The van der Waals surface area contributed by atoms with Gasteiger partial charge in [0.2, 0.25) is 0 Å². The van der Waals surface area contributed by atoms with Crippen molar-refractivity contribution in [3.05, 3.63) is 19.7 Å². The molecular weight excluding hydrogens is 358 g/mol. The van der Waals surface area contributed by atoms with Gasteiger partial charge in [-0.1, -0.05) is 0 Å². The molecule has 0 spiro atoms. The van der Waals surface area contributed by atoms with Crippen LogP contribution < -0.4 is 5.73 Å². The number of halogens is 2. The highest BCUT2D eigenvalue weighted by Crippen LogP contribution is 2.38. The zero-order valence-electron chi connectivity index (χ0n) is 8.15. The number of hydrogen-bond donors (Lipinski definition) is 2. The van der Waals surface area contributed by atoms with Gasteiger partial charge < -0.3 is 10.8 Å². The second kappa shape index (κ2) is 4.87. The Balaban J connectivity index is 2.41. The van der Waals surface area contributed by atoms with Gasteiger partial charge in [0.15, 0.2) is 0 Å². The summed E-state index contributed by atoms with van der Waals surface area (Å²) >= 11 is 8.48. The van der Waals surface area contributed by atoms with Crippen molar-refractivity contribution in [1.29, 1.82) is 0 Å². The summed E-state index contributed by atoms with van der Waals surface area (Å²) in [7, 11) is 0. The standard InChI is InChI=1S/C9H9Br2N3OS/c10-7-3-5(9(11)16-7)6-4-8(12)14(13-6)1-2-15/h3-4,15H,1-2,12H2. The van der Waals surface area contributed by atoms with E-state index in [1.807, 2.05) is 6.07 Å². The SMILES string of the molecule is Nc1cc(-c2cc(Br)sc2Br)nn1CCO. The lowest BCUT2D eigenvalue weighted by atomic mass is 10.2. The predicted octanol–water partition coefficient (Wildman–Crippen LogP) is 2.71. The summed E-state index contributed by atoms with van der Waals surface area (Å²) in [4.78, 5) is 0. The third kappa shape index (κ3) is 2.32. The molecule has 2 rings (SSSR count). The third-order valence-corrected chi connectivity index (χ3v) is 4.39. The summed E-state index contributed by atoms with van der Waals surface area (Å²) in [6, 6.07) is 3.79. The molecule has 0 bridgehead atoms. The van der Waals surface area contributed by atoms with E-state index in [1.54, 1.807) is 22.1 Å². The number of aliphatic hydroxyl groups excluding tert-OH is 1. The van der Waals surface area contributed by atoms with Crippen LogP contribution in [0.15, 0.2) is 19.7 Å². The number of aromatic nitrogens is 2. The maximum atomic E-state index is 8.85. The number of aliphatic hydroxyl groups is 1. The van der Waals surface area contributed by atoms with Crippen LogP contribution in [0.1, 0.15) is 0 Å². The molecule has 16 heavy (non-hydrogen) atoms. The molecule has 2 aromatic heterocycles. The lowest BCUT2D eigenvalue weighted by Gasteiger charge is -1.98. The average molecular weight is 367 g/mol. The fraction of sp³-hybridized carbons (Fsp3) is 0.222. The van der Waals surface area contributed by atoms with E-state index in [4.69, 9.17) is 10.8 Å². The lowest BCUT2D eigenvalue weighted by molar-refractivity contribution is 0.270. The predicted molar refractivity (Wildman–Crippen MR) is 72.4 cm³/mol. The van der Waals surface area contributed by atoms with Gasteiger partial charge in [-0.05, 0) is 37.9 Å². The molecule has 3 N–H and O–H groups in total. The number of thiophene rings is 1. The van der Waals surface area contributed by atoms with Crippen molar-refractivity contribution < 1.29 is 5.11 Å². The van der Waals surface area contributed by atoms with E-state index in [9.17, 15) is 0 Å². The summed E-state index contributed by atoms with van der Waals surface area (Å²) < 4.78 is 3.63. The van der Waals surface area contributed by atoms with Crippen molar-refractivity contribution >= 4 is 49.0 Å². The number of anilines is 1. The van der Waals surface area contributed by atoms with Crippen LogP contribution in [0.25, 0.3) is 11.3 Å². The van der Waals surface area contributed by atoms with Crippen molar-refractivity contribution in [3.63, 3.8) is 0 Å². The minimum absolute atomic E-state index is 0.0276. The van der Waals surface area contributed by atoms with Crippen LogP contribution in [0.2, 0.25) is 0 Å². The Kier molecular flexibility index (Phi) is 3.68.